The Kier molecular flexibility index (Phi) is 5.75. The van der Waals surface area contributed by atoms with E-state index in [-0.39, 0.29) is 5.41 Å². The standard InChI is InChI=1S/C42H30N2S/c1-42(2)36-15-9-8-14-33(36)34-23-21-31(24-37(34)42)44(30-19-16-28(17-20-30)27-10-4-3-5-11-27)38-25-43-26-39-40(38)35-22-18-29-12-6-7-13-32(29)41(35)45-39/h3-26H,1-2H3. The second-order valence-electron chi connectivity index (χ2n) is 12.4. The van der Waals surface area contributed by atoms with Crippen LogP contribution in [0.25, 0.3) is 53.2 Å². The zero-order valence-corrected chi connectivity index (χ0v) is 26.0. The van der Waals surface area contributed by atoms with Gasteiger partial charge in [-0.25, -0.2) is 0 Å². The van der Waals surface area contributed by atoms with Crippen molar-refractivity contribution in [1.82, 2.24) is 4.98 Å². The molecule has 0 aliphatic heterocycles. The lowest BCUT2D eigenvalue weighted by molar-refractivity contribution is 0.660. The van der Waals surface area contributed by atoms with Crippen LogP contribution in [-0.2, 0) is 5.41 Å². The van der Waals surface area contributed by atoms with Crippen LogP contribution >= 0.6 is 11.3 Å². The van der Waals surface area contributed by atoms with E-state index < -0.39 is 0 Å². The summed E-state index contributed by atoms with van der Waals surface area (Å²) in [4.78, 5) is 7.23. The second-order valence-corrected chi connectivity index (χ2v) is 13.5. The number of fused-ring (bicyclic) bond motifs is 8. The SMILES string of the molecule is CC1(C)c2ccccc2-c2ccc(N(c3ccc(-c4ccccc4)cc3)c3cncc4sc5c6ccccc6ccc5c34)cc21. The molecule has 1 aliphatic carbocycles. The highest BCUT2D eigenvalue weighted by Crippen LogP contribution is 2.52. The molecule has 3 heteroatoms. The molecule has 9 rings (SSSR count). The van der Waals surface area contributed by atoms with Crippen molar-refractivity contribution in [2.24, 2.45) is 0 Å². The molecule has 0 amide bonds. The Morgan fingerprint density at radius 1 is 0.578 bits per heavy atom. The van der Waals surface area contributed by atoms with Crippen LogP contribution in [0.2, 0.25) is 0 Å². The van der Waals surface area contributed by atoms with Gasteiger partial charge in [-0.3, -0.25) is 4.98 Å². The van der Waals surface area contributed by atoms with Gasteiger partial charge in [0.1, 0.15) is 0 Å². The van der Waals surface area contributed by atoms with E-state index in [9.17, 15) is 0 Å². The van der Waals surface area contributed by atoms with Crippen molar-refractivity contribution in [1.29, 1.82) is 0 Å². The highest BCUT2D eigenvalue weighted by molar-refractivity contribution is 7.26. The Balaban J connectivity index is 1.29. The van der Waals surface area contributed by atoms with Gasteiger partial charge >= 0.3 is 0 Å². The summed E-state index contributed by atoms with van der Waals surface area (Å²) in [7, 11) is 0. The Labute approximate surface area is 266 Å². The first-order chi connectivity index (χ1) is 22.1. The van der Waals surface area contributed by atoms with Gasteiger partial charge in [-0.15, -0.1) is 11.3 Å². The maximum Gasteiger partial charge on any atom is 0.0738 e. The van der Waals surface area contributed by atoms with E-state index >= 15 is 0 Å². The summed E-state index contributed by atoms with van der Waals surface area (Å²) in [5, 5.41) is 5.06. The van der Waals surface area contributed by atoms with Gasteiger partial charge in [0.2, 0.25) is 0 Å². The molecule has 0 spiro atoms. The van der Waals surface area contributed by atoms with Crippen LogP contribution in [0.15, 0.2) is 146 Å². The number of rotatable bonds is 4. The molecule has 0 radical (unpaired) electrons. The van der Waals surface area contributed by atoms with Crippen molar-refractivity contribution in [3.8, 4) is 22.3 Å². The van der Waals surface area contributed by atoms with E-state index in [1.54, 1.807) is 0 Å². The van der Waals surface area contributed by atoms with E-state index in [0.717, 1.165) is 17.1 Å². The lowest BCUT2D eigenvalue weighted by Gasteiger charge is -2.28. The number of thiophene rings is 1. The first kappa shape index (κ1) is 26.2. The molecule has 0 N–H and O–H groups in total. The Bertz CT molecular complexity index is 2400. The van der Waals surface area contributed by atoms with Crippen molar-refractivity contribution in [2.45, 2.75) is 19.3 Å². The molecule has 0 unspecified atom stereocenters. The minimum atomic E-state index is -0.0942. The molecule has 0 fully saturated rings. The van der Waals surface area contributed by atoms with Gasteiger partial charge in [0.05, 0.1) is 16.6 Å². The van der Waals surface area contributed by atoms with Gasteiger partial charge in [-0.05, 0) is 68.4 Å². The molecule has 0 atom stereocenters. The second kappa shape index (κ2) is 9.88. The number of hydrogen-bond acceptors (Lipinski definition) is 3. The van der Waals surface area contributed by atoms with Crippen molar-refractivity contribution in [2.75, 3.05) is 4.90 Å². The van der Waals surface area contributed by atoms with E-state index in [1.807, 2.05) is 23.7 Å². The van der Waals surface area contributed by atoms with Gasteiger partial charge < -0.3 is 4.90 Å². The van der Waals surface area contributed by atoms with Gasteiger partial charge in [-0.2, -0.15) is 0 Å². The fourth-order valence-electron chi connectivity index (χ4n) is 7.30. The summed E-state index contributed by atoms with van der Waals surface area (Å²) >= 11 is 1.84. The molecule has 2 heterocycles. The maximum absolute atomic E-state index is 4.83. The lowest BCUT2D eigenvalue weighted by Crippen LogP contribution is -2.16. The van der Waals surface area contributed by atoms with E-state index in [2.05, 4.69) is 152 Å². The molecule has 214 valence electrons. The Hall–Kier alpha value is -5.25. The van der Waals surface area contributed by atoms with E-state index in [0.29, 0.717) is 0 Å². The minimum absolute atomic E-state index is 0.0942. The number of nitrogens with zero attached hydrogens (tertiary/aromatic N) is 2. The number of aromatic nitrogens is 1. The smallest absolute Gasteiger partial charge is 0.0738 e. The average molecular weight is 595 g/mol. The third-order valence-electron chi connectivity index (χ3n) is 9.55. The van der Waals surface area contributed by atoms with Crippen molar-refractivity contribution in [3.63, 3.8) is 0 Å². The molecular formula is C42H30N2S. The Morgan fingerprint density at radius 3 is 2.16 bits per heavy atom. The number of anilines is 3. The molecule has 0 saturated heterocycles. The average Bonchev–Trinajstić information content (AvgIpc) is 3.59. The van der Waals surface area contributed by atoms with Crippen molar-refractivity contribution in [3.05, 3.63) is 157 Å². The van der Waals surface area contributed by atoms with Crippen LogP contribution in [0, 0.1) is 0 Å². The molecular weight excluding hydrogens is 565 g/mol. The van der Waals surface area contributed by atoms with Crippen LogP contribution < -0.4 is 4.90 Å². The number of benzene rings is 6. The molecule has 0 bridgehead atoms. The molecule has 2 nitrogen and oxygen atoms in total. The van der Waals surface area contributed by atoms with Gasteiger partial charge in [-0.1, -0.05) is 123 Å². The zero-order chi connectivity index (χ0) is 30.1. The van der Waals surface area contributed by atoms with E-state index in [4.69, 9.17) is 4.98 Å². The molecule has 45 heavy (non-hydrogen) atoms. The largest absolute Gasteiger partial charge is 0.308 e. The topological polar surface area (TPSA) is 16.1 Å². The van der Waals surface area contributed by atoms with Gasteiger partial charge in [0, 0.05) is 38.5 Å². The molecule has 1 aliphatic rings. The molecule has 2 aromatic heterocycles. The minimum Gasteiger partial charge on any atom is -0.308 e. The van der Waals surface area contributed by atoms with Crippen LogP contribution in [0.1, 0.15) is 25.0 Å². The quantitative estimate of drug-likeness (QED) is 0.201. The van der Waals surface area contributed by atoms with Crippen LogP contribution in [0.3, 0.4) is 0 Å². The predicted molar refractivity (Wildman–Crippen MR) is 192 cm³/mol. The maximum atomic E-state index is 4.83. The monoisotopic (exact) mass is 594 g/mol. The van der Waals surface area contributed by atoms with Crippen molar-refractivity contribution < 1.29 is 0 Å². The first-order valence-electron chi connectivity index (χ1n) is 15.5. The van der Waals surface area contributed by atoms with Gasteiger partial charge in [0.15, 0.2) is 0 Å². The summed E-state index contributed by atoms with van der Waals surface area (Å²) in [5.74, 6) is 0. The highest BCUT2D eigenvalue weighted by atomic mass is 32.1. The van der Waals surface area contributed by atoms with Crippen LogP contribution in [0.5, 0.6) is 0 Å². The molecule has 6 aromatic carbocycles. The van der Waals surface area contributed by atoms with Gasteiger partial charge in [0.25, 0.3) is 0 Å². The third-order valence-corrected chi connectivity index (χ3v) is 10.7. The Morgan fingerprint density at radius 2 is 1.29 bits per heavy atom. The third kappa shape index (κ3) is 3.97. The fraction of sp³-hybridized carbons (Fsp3) is 0.0714. The summed E-state index contributed by atoms with van der Waals surface area (Å²) in [6.07, 6.45) is 4.07. The number of hydrogen-bond donors (Lipinski definition) is 0. The van der Waals surface area contributed by atoms with Crippen molar-refractivity contribution >= 4 is 59.3 Å². The summed E-state index contributed by atoms with van der Waals surface area (Å²) in [6.45, 7) is 4.69. The van der Waals surface area contributed by atoms with E-state index in [1.165, 1.54) is 64.3 Å². The molecule has 8 aromatic rings. The highest BCUT2D eigenvalue weighted by Gasteiger charge is 2.36. The summed E-state index contributed by atoms with van der Waals surface area (Å²) < 4.78 is 2.50. The summed E-state index contributed by atoms with van der Waals surface area (Å²) in [5.41, 5.74) is 11.1. The predicted octanol–water partition coefficient (Wildman–Crippen LogP) is 12.0. The van der Waals surface area contributed by atoms with Crippen LogP contribution in [0.4, 0.5) is 17.1 Å². The lowest BCUT2D eigenvalue weighted by atomic mass is 9.82. The summed E-state index contributed by atoms with van der Waals surface area (Å²) in [6, 6.07) is 48.6. The zero-order valence-electron chi connectivity index (χ0n) is 25.2. The fourth-order valence-corrected chi connectivity index (χ4v) is 8.53. The van der Waals surface area contributed by atoms with Crippen LogP contribution in [-0.4, -0.2) is 4.98 Å². The normalized spacial score (nSPS) is 13.3. The number of pyridine rings is 1. The first-order valence-corrected chi connectivity index (χ1v) is 16.3. The molecule has 0 saturated carbocycles.